The molecule has 1 heterocycles. The summed E-state index contributed by atoms with van der Waals surface area (Å²) in [5, 5.41) is 0.435. The van der Waals surface area contributed by atoms with Gasteiger partial charge in [0.2, 0.25) is 0 Å². The van der Waals surface area contributed by atoms with Crippen molar-refractivity contribution in [3.8, 4) is 5.75 Å². The standard InChI is InChI=1S/C22H18ClN3O4S2/c1-26-20-18(30-2)7-4-8-19(20)31-22(26)24-21(27)14-5-3-6-16(13-14)25-32(28,29)17-11-9-15(23)10-12-17/h3-13,25H,1-2H3. The zero-order valence-electron chi connectivity index (χ0n) is 17.1. The number of sulfonamides is 1. The van der Waals surface area contributed by atoms with Crippen LogP contribution in [0.15, 0.2) is 76.6 Å². The van der Waals surface area contributed by atoms with Crippen LogP contribution in [-0.4, -0.2) is 26.0 Å². The van der Waals surface area contributed by atoms with Crippen molar-refractivity contribution in [2.24, 2.45) is 12.0 Å². The lowest BCUT2D eigenvalue weighted by Gasteiger charge is -2.09. The molecule has 7 nitrogen and oxygen atoms in total. The molecule has 1 amide bonds. The van der Waals surface area contributed by atoms with Crippen molar-refractivity contribution in [2.45, 2.75) is 4.90 Å². The number of hydrogen-bond acceptors (Lipinski definition) is 5. The molecular weight excluding hydrogens is 470 g/mol. The first-order valence-corrected chi connectivity index (χ1v) is 12.1. The molecule has 0 aliphatic heterocycles. The van der Waals surface area contributed by atoms with Crippen LogP contribution >= 0.6 is 22.9 Å². The summed E-state index contributed by atoms with van der Waals surface area (Å²) in [7, 11) is -0.432. The molecule has 0 saturated carbocycles. The van der Waals surface area contributed by atoms with Gasteiger partial charge in [0.15, 0.2) is 4.80 Å². The Kier molecular flexibility index (Phi) is 6.05. The van der Waals surface area contributed by atoms with Gasteiger partial charge < -0.3 is 9.30 Å². The minimum absolute atomic E-state index is 0.0644. The fourth-order valence-corrected chi connectivity index (χ4v) is 5.34. The highest BCUT2D eigenvalue weighted by Crippen LogP contribution is 2.26. The second-order valence-electron chi connectivity index (χ2n) is 6.81. The van der Waals surface area contributed by atoms with Gasteiger partial charge >= 0.3 is 0 Å². The Bertz CT molecular complexity index is 1490. The van der Waals surface area contributed by atoms with E-state index in [9.17, 15) is 13.2 Å². The summed E-state index contributed by atoms with van der Waals surface area (Å²) in [6.45, 7) is 0. The van der Waals surface area contributed by atoms with Crippen molar-refractivity contribution in [1.82, 2.24) is 4.57 Å². The van der Waals surface area contributed by atoms with Crippen LogP contribution in [0.3, 0.4) is 0 Å². The highest BCUT2D eigenvalue weighted by molar-refractivity contribution is 7.92. The van der Waals surface area contributed by atoms with Gasteiger partial charge in [-0.1, -0.05) is 35.1 Å². The SMILES string of the molecule is COc1cccc2sc(=NC(=O)c3cccc(NS(=O)(=O)c4ccc(Cl)cc4)c3)n(C)c12. The van der Waals surface area contributed by atoms with Gasteiger partial charge in [0.05, 0.1) is 16.7 Å². The van der Waals surface area contributed by atoms with Gasteiger partial charge in [-0.15, -0.1) is 0 Å². The van der Waals surface area contributed by atoms with E-state index < -0.39 is 15.9 Å². The normalized spacial score (nSPS) is 12.2. The highest BCUT2D eigenvalue weighted by Gasteiger charge is 2.15. The summed E-state index contributed by atoms with van der Waals surface area (Å²) in [6, 6.07) is 17.6. The van der Waals surface area contributed by atoms with Crippen molar-refractivity contribution in [2.75, 3.05) is 11.8 Å². The summed E-state index contributed by atoms with van der Waals surface area (Å²) in [4.78, 5) is 17.6. The van der Waals surface area contributed by atoms with Crippen molar-refractivity contribution < 1.29 is 17.9 Å². The monoisotopic (exact) mass is 487 g/mol. The molecule has 0 atom stereocenters. The van der Waals surface area contributed by atoms with Crippen LogP contribution < -0.4 is 14.3 Å². The molecule has 0 aliphatic carbocycles. The van der Waals surface area contributed by atoms with Crippen molar-refractivity contribution in [1.29, 1.82) is 0 Å². The molecule has 10 heteroatoms. The molecule has 0 aliphatic rings. The number of carbonyl (C=O) groups excluding carboxylic acids is 1. The first-order valence-electron chi connectivity index (χ1n) is 9.38. The third-order valence-electron chi connectivity index (χ3n) is 4.69. The molecule has 0 saturated heterocycles. The second kappa shape index (κ2) is 8.78. The molecule has 1 aromatic heterocycles. The summed E-state index contributed by atoms with van der Waals surface area (Å²) < 4.78 is 35.8. The van der Waals surface area contributed by atoms with Crippen molar-refractivity contribution in [3.05, 3.63) is 82.1 Å². The number of anilines is 1. The summed E-state index contributed by atoms with van der Waals surface area (Å²) in [6.07, 6.45) is 0. The van der Waals surface area contributed by atoms with Crippen LogP contribution in [0.5, 0.6) is 5.75 Å². The first-order chi connectivity index (χ1) is 15.3. The number of halogens is 1. The van der Waals surface area contributed by atoms with Crippen molar-refractivity contribution >= 4 is 54.8 Å². The third-order valence-corrected chi connectivity index (χ3v) is 7.43. The Hall–Kier alpha value is -3.14. The number of nitrogens with one attached hydrogen (secondary N) is 1. The Morgan fingerprint density at radius 2 is 1.81 bits per heavy atom. The Morgan fingerprint density at radius 1 is 1.09 bits per heavy atom. The number of aryl methyl sites for hydroxylation is 1. The lowest BCUT2D eigenvalue weighted by molar-refractivity contribution is 0.0998. The fourth-order valence-electron chi connectivity index (χ4n) is 3.14. The number of carbonyl (C=O) groups is 1. The molecule has 4 aromatic rings. The van der Waals surface area contributed by atoms with Crippen LogP contribution in [0.2, 0.25) is 5.02 Å². The lowest BCUT2D eigenvalue weighted by Crippen LogP contribution is -2.15. The van der Waals surface area contributed by atoms with Gasteiger partial charge in [-0.25, -0.2) is 8.42 Å². The molecule has 0 fully saturated rings. The van der Waals surface area contributed by atoms with E-state index in [1.807, 2.05) is 25.2 Å². The average molecular weight is 488 g/mol. The maximum absolute atomic E-state index is 12.8. The Balaban J connectivity index is 1.65. The Morgan fingerprint density at radius 3 is 2.53 bits per heavy atom. The van der Waals surface area contributed by atoms with Crippen LogP contribution in [0.1, 0.15) is 10.4 Å². The predicted molar refractivity (Wildman–Crippen MR) is 126 cm³/mol. The smallest absolute Gasteiger partial charge is 0.279 e. The fraction of sp³-hybridized carbons (Fsp3) is 0.0909. The summed E-state index contributed by atoms with van der Waals surface area (Å²) in [5.41, 5.74) is 1.35. The van der Waals surface area contributed by atoms with E-state index in [0.29, 0.717) is 15.6 Å². The van der Waals surface area contributed by atoms with Gasteiger partial charge in [0.25, 0.3) is 15.9 Å². The maximum Gasteiger partial charge on any atom is 0.279 e. The van der Waals surface area contributed by atoms with E-state index in [1.54, 1.807) is 29.9 Å². The van der Waals surface area contributed by atoms with Crippen LogP contribution in [0.25, 0.3) is 10.2 Å². The maximum atomic E-state index is 12.8. The van der Waals surface area contributed by atoms with Crippen LogP contribution in [-0.2, 0) is 17.1 Å². The molecule has 1 N–H and O–H groups in total. The molecule has 3 aromatic carbocycles. The molecule has 32 heavy (non-hydrogen) atoms. The number of methoxy groups -OCH3 is 1. The van der Waals surface area contributed by atoms with E-state index in [2.05, 4.69) is 9.71 Å². The van der Waals surface area contributed by atoms with E-state index in [4.69, 9.17) is 16.3 Å². The third kappa shape index (κ3) is 4.40. The van der Waals surface area contributed by atoms with Gasteiger partial charge in [0.1, 0.15) is 11.3 Å². The predicted octanol–water partition coefficient (Wildman–Crippen LogP) is 4.44. The minimum atomic E-state index is -3.83. The zero-order valence-corrected chi connectivity index (χ0v) is 19.5. The quantitative estimate of drug-likeness (QED) is 0.450. The van der Waals surface area contributed by atoms with Gasteiger partial charge in [-0.3, -0.25) is 9.52 Å². The van der Waals surface area contributed by atoms with E-state index in [1.165, 1.54) is 41.7 Å². The van der Waals surface area contributed by atoms with Crippen molar-refractivity contribution in [3.63, 3.8) is 0 Å². The Labute approximate surface area is 193 Å². The van der Waals surface area contributed by atoms with Crippen LogP contribution in [0.4, 0.5) is 5.69 Å². The zero-order chi connectivity index (χ0) is 22.9. The van der Waals surface area contributed by atoms with Gasteiger partial charge in [0, 0.05) is 23.3 Å². The number of thiazole rings is 1. The number of hydrogen-bond donors (Lipinski definition) is 1. The van der Waals surface area contributed by atoms with Gasteiger partial charge in [-0.2, -0.15) is 4.99 Å². The number of para-hydroxylation sites is 1. The van der Waals surface area contributed by atoms with E-state index in [0.717, 1.165) is 10.2 Å². The molecular formula is C22H18ClN3O4S2. The first kappa shape index (κ1) is 22.1. The number of benzene rings is 3. The van der Waals surface area contributed by atoms with E-state index >= 15 is 0 Å². The molecule has 4 rings (SSSR count). The second-order valence-corrected chi connectivity index (χ2v) is 9.94. The summed E-state index contributed by atoms with van der Waals surface area (Å²) in [5.74, 6) is 0.201. The number of amides is 1. The van der Waals surface area contributed by atoms with Gasteiger partial charge in [-0.05, 0) is 54.6 Å². The molecule has 0 bridgehead atoms. The minimum Gasteiger partial charge on any atom is -0.495 e. The number of fused-ring (bicyclic) bond motifs is 1. The number of ether oxygens (including phenoxy) is 1. The summed E-state index contributed by atoms with van der Waals surface area (Å²) >= 11 is 7.19. The molecule has 0 radical (unpaired) electrons. The molecule has 0 spiro atoms. The number of rotatable bonds is 5. The average Bonchev–Trinajstić information content (AvgIpc) is 3.09. The van der Waals surface area contributed by atoms with E-state index in [-0.39, 0.29) is 16.1 Å². The molecule has 0 unspecified atom stereocenters. The lowest BCUT2D eigenvalue weighted by atomic mass is 10.2. The largest absolute Gasteiger partial charge is 0.495 e. The number of nitrogens with zero attached hydrogens (tertiary/aromatic N) is 2. The number of aromatic nitrogens is 1. The van der Waals surface area contributed by atoms with Crippen LogP contribution in [0, 0.1) is 0 Å². The topological polar surface area (TPSA) is 89.8 Å². The molecule has 164 valence electrons. The highest BCUT2D eigenvalue weighted by atomic mass is 35.5.